The van der Waals surface area contributed by atoms with Gasteiger partial charge in [0, 0.05) is 5.38 Å². The normalized spacial score (nSPS) is 17.0. The number of rotatable bonds is 5. The fraction of sp³-hybridized carbons (Fsp3) is 0.625. The van der Waals surface area contributed by atoms with Crippen molar-refractivity contribution in [3.8, 4) is 0 Å². The van der Waals surface area contributed by atoms with E-state index in [0.29, 0.717) is 11.7 Å². The summed E-state index contributed by atoms with van der Waals surface area (Å²) in [6.07, 6.45) is 2.94. The first-order valence-corrected chi connectivity index (χ1v) is 9.35. The van der Waals surface area contributed by atoms with Crippen molar-refractivity contribution in [3.05, 3.63) is 27.5 Å². The van der Waals surface area contributed by atoms with Gasteiger partial charge in [0.1, 0.15) is 0 Å². The highest BCUT2D eigenvalue weighted by Gasteiger charge is 2.24. The van der Waals surface area contributed by atoms with Gasteiger partial charge in [-0.3, -0.25) is 4.79 Å². The molecule has 2 aromatic rings. The molecule has 0 saturated carbocycles. The molecular formula is C16H24N6OS. The Morgan fingerprint density at radius 1 is 1.50 bits per heavy atom. The summed E-state index contributed by atoms with van der Waals surface area (Å²) in [6, 6.07) is 0.181. The Morgan fingerprint density at radius 3 is 2.92 bits per heavy atom. The van der Waals surface area contributed by atoms with E-state index in [2.05, 4.69) is 32.9 Å². The van der Waals surface area contributed by atoms with Gasteiger partial charge >= 0.3 is 0 Å². The van der Waals surface area contributed by atoms with Crippen molar-refractivity contribution in [2.45, 2.75) is 52.1 Å². The summed E-state index contributed by atoms with van der Waals surface area (Å²) in [5, 5.41) is 17.8. The summed E-state index contributed by atoms with van der Waals surface area (Å²) < 4.78 is 1.90. The first-order valence-electron chi connectivity index (χ1n) is 8.47. The molecule has 1 saturated heterocycles. The Bertz CT molecular complexity index is 703. The molecule has 0 aromatic carbocycles. The molecule has 0 aliphatic carbocycles. The zero-order valence-corrected chi connectivity index (χ0v) is 15.2. The lowest BCUT2D eigenvalue weighted by molar-refractivity contribution is 0.0933. The molecule has 0 spiro atoms. The number of aromatic nitrogens is 4. The standard InChI is InChI=1S/C16H24N6OS/c1-4-14-19-13(9-24-14)10(2)18-16(23)15-11(3)22(21-20-15)12-5-7-17-8-6-12/h9-10,12,17H,4-8H2,1-3H3,(H,18,23)/t10-/m0/s1. The maximum Gasteiger partial charge on any atom is 0.274 e. The third kappa shape index (κ3) is 3.49. The lowest BCUT2D eigenvalue weighted by Crippen LogP contribution is -2.31. The van der Waals surface area contributed by atoms with E-state index in [0.717, 1.165) is 48.7 Å². The summed E-state index contributed by atoms with van der Waals surface area (Å²) in [6.45, 7) is 7.89. The van der Waals surface area contributed by atoms with Crippen molar-refractivity contribution in [1.29, 1.82) is 0 Å². The van der Waals surface area contributed by atoms with Crippen LogP contribution in [0.4, 0.5) is 0 Å². The van der Waals surface area contributed by atoms with E-state index in [1.807, 2.05) is 23.9 Å². The van der Waals surface area contributed by atoms with Gasteiger partial charge in [-0.2, -0.15) is 0 Å². The number of piperidine rings is 1. The number of hydrogen-bond acceptors (Lipinski definition) is 6. The van der Waals surface area contributed by atoms with Crippen molar-refractivity contribution >= 4 is 17.2 Å². The molecule has 3 rings (SSSR count). The minimum Gasteiger partial charge on any atom is -0.342 e. The van der Waals surface area contributed by atoms with E-state index < -0.39 is 0 Å². The van der Waals surface area contributed by atoms with Gasteiger partial charge in [-0.15, -0.1) is 16.4 Å². The predicted octanol–water partition coefficient (Wildman–Crippen LogP) is 2.02. The molecule has 0 radical (unpaired) electrons. The van der Waals surface area contributed by atoms with Gasteiger partial charge in [0.25, 0.3) is 5.91 Å². The van der Waals surface area contributed by atoms with Crippen LogP contribution >= 0.6 is 11.3 Å². The molecule has 130 valence electrons. The van der Waals surface area contributed by atoms with Crippen LogP contribution in [0.5, 0.6) is 0 Å². The highest BCUT2D eigenvalue weighted by molar-refractivity contribution is 7.09. The van der Waals surface area contributed by atoms with Crippen molar-refractivity contribution in [2.24, 2.45) is 0 Å². The van der Waals surface area contributed by atoms with E-state index in [4.69, 9.17) is 0 Å². The lowest BCUT2D eigenvalue weighted by Gasteiger charge is -2.23. The number of nitrogens with zero attached hydrogens (tertiary/aromatic N) is 4. The predicted molar refractivity (Wildman–Crippen MR) is 93.3 cm³/mol. The van der Waals surface area contributed by atoms with Crippen LogP contribution in [0.1, 0.15) is 65.7 Å². The molecular weight excluding hydrogens is 324 g/mol. The van der Waals surface area contributed by atoms with Gasteiger partial charge in [0.15, 0.2) is 5.69 Å². The van der Waals surface area contributed by atoms with Crippen molar-refractivity contribution in [2.75, 3.05) is 13.1 Å². The molecule has 0 bridgehead atoms. The van der Waals surface area contributed by atoms with Gasteiger partial charge < -0.3 is 10.6 Å². The zero-order valence-electron chi connectivity index (χ0n) is 14.4. The first kappa shape index (κ1) is 17.0. The molecule has 1 aliphatic rings. The fourth-order valence-electron chi connectivity index (χ4n) is 2.97. The topological polar surface area (TPSA) is 84.7 Å². The van der Waals surface area contributed by atoms with Crippen molar-refractivity contribution < 1.29 is 4.79 Å². The third-order valence-corrected chi connectivity index (χ3v) is 5.47. The molecule has 7 nitrogen and oxygen atoms in total. The van der Waals surface area contributed by atoms with Crippen LogP contribution in [-0.4, -0.2) is 39.0 Å². The molecule has 1 atom stereocenters. The molecule has 1 aliphatic heterocycles. The number of nitrogens with one attached hydrogen (secondary N) is 2. The Morgan fingerprint density at radius 2 is 2.25 bits per heavy atom. The Kier molecular flexibility index (Phi) is 5.25. The van der Waals surface area contributed by atoms with E-state index in [1.165, 1.54) is 0 Å². The second-order valence-electron chi connectivity index (χ2n) is 6.16. The Labute approximate surface area is 145 Å². The van der Waals surface area contributed by atoms with Gasteiger partial charge in [-0.05, 0) is 46.2 Å². The minimum atomic E-state index is -0.189. The van der Waals surface area contributed by atoms with Crippen LogP contribution in [-0.2, 0) is 6.42 Å². The molecule has 1 amide bonds. The van der Waals surface area contributed by atoms with Crippen LogP contribution in [0.3, 0.4) is 0 Å². The third-order valence-electron chi connectivity index (χ3n) is 4.46. The maximum absolute atomic E-state index is 12.6. The smallest absolute Gasteiger partial charge is 0.274 e. The summed E-state index contributed by atoms with van der Waals surface area (Å²) >= 11 is 1.63. The maximum atomic E-state index is 12.6. The molecule has 8 heteroatoms. The minimum absolute atomic E-state index is 0.141. The molecule has 0 unspecified atom stereocenters. The number of carbonyl (C=O) groups is 1. The summed E-state index contributed by atoms with van der Waals surface area (Å²) in [4.78, 5) is 17.1. The number of amides is 1. The number of aryl methyl sites for hydroxylation is 1. The highest BCUT2D eigenvalue weighted by atomic mass is 32.1. The van der Waals surface area contributed by atoms with E-state index in [9.17, 15) is 4.79 Å². The van der Waals surface area contributed by atoms with Gasteiger partial charge in [-0.1, -0.05) is 12.1 Å². The fourth-order valence-corrected chi connectivity index (χ4v) is 3.81. The van der Waals surface area contributed by atoms with Gasteiger partial charge in [-0.25, -0.2) is 9.67 Å². The Balaban J connectivity index is 1.69. The molecule has 3 heterocycles. The van der Waals surface area contributed by atoms with Gasteiger partial charge in [0.2, 0.25) is 0 Å². The largest absolute Gasteiger partial charge is 0.342 e. The van der Waals surface area contributed by atoms with E-state index in [-0.39, 0.29) is 11.9 Å². The lowest BCUT2D eigenvalue weighted by atomic mass is 10.1. The average molecular weight is 348 g/mol. The molecule has 2 aromatic heterocycles. The average Bonchev–Trinajstić information content (AvgIpc) is 3.22. The van der Waals surface area contributed by atoms with E-state index in [1.54, 1.807) is 11.3 Å². The zero-order chi connectivity index (χ0) is 17.1. The Hall–Kier alpha value is -1.80. The van der Waals surface area contributed by atoms with Crippen molar-refractivity contribution in [1.82, 2.24) is 30.6 Å². The number of hydrogen-bond donors (Lipinski definition) is 2. The molecule has 2 N–H and O–H groups in total. The van der Waals surface area contributed by atoms with Crippen LogP contribution < -0.4 is 10.6 Å². The van der Waals surface area contributed by atoms with Gasteiger partial charge in [0.05, 0.1) is 28.5 Å². The van der Waals surface area contributed by atoms with Crippen LogP contribution in [0.25, 0.3) is 0 Å². The second kappa shape index (κ2) is 7.40. The van der Waals surface area contributed by atoms with Crippen molar-refractivity contribution in [3.63, 3.8) is 0 Å². The summed E-state index contributed by atoms with van der Waals surface area (Å²) in [5.41, 5.74) is 2.14. The number of thiazole rings is 1. The second-order valence-corrected chi connectivity index (χ2v) is 7.11. The monoisotopic (exact) mass is 348 g/mol. The molecule has 24 heavy (non-hydrogen) atoms. The SMILES string of the molecule is CCc1nc([C@H](C)NC(=O)c2nnn(C3CCNCC3)c2C)cs1. The molecule has 1 fully saturated rings. The highest BCUT2D eigenvalue weighted by Crippen LogP contribution is 2.21. The first-order chi connectivity index (χ1) is 11.6. The van der Waals surface area contributed by atoms with E-state index >= 15 is 0 Å². The summed E-state index contributed by atoms with van der Waals surface area (Å²) in [5.74, 6) is -0.189. The van der Waals surface area contributed by atoms with Crippen LogP contribution in [0.15, 0.2) is 5.38 Å². The van der Waals surface area contributed by atoms with Crippen LogP contribution in [0.2, 0.25) is 0 Å². The van der Waals surface area contributed by atoms with Crippen LogP contribution in [0, 0.1) is 6.92 Å². The number of carbonyl (C=O) groups excluding carboxylic acids is 1. The summed E-state index contributed by atoms with van der Waals surface area (Å²) in [7, 11) is 0. The quantitative estimate of drug-likeness (QED) is 0.863.